The largest absolute Gasteiger partial charge is 0.383 e. The number of rotatable bonds is 8. The van der Waals surface area contributed by atoms with Crippen LogP contribution in [0.3, 0.4) is 0 Å². The first-order valence-electron chi connectivity index (χ1n) is 9.27. The predicted octanol–water partition coefficient (Wildman–Crippen LogP) is 3.55. The highest BCUT2D eigenvalue weighted by Gasteiger charge is 2.25. The molecule has 3 aromatic rings. The number of aromatic nitrogens is 3. The van der Waals surface area contributed by atoms with Crippen molar-refractivity contribution in [3.63, 3.8) is 0 Å². The van der Waals surface area contributed by atoms with Crippen LogP contribution in [-0.4, -0.2) is 52.0 Å². The van der Waals surface area contributed by atoms with Gasteiger partial charge in [0.25, 0.3) is 5.91 Å². The van der Waals surface area contributed by atoms with Gasteiger partial charge in [-0.25, -0.2) is 9.07 Å². The summed E-state index contributed by atoms with van der Waals surface area (Å²) in [5, 5.41) is 4.34. The van der Waals surface area contributed by atoms with E-state index >= 15 is 0 Å². The van der Waals surface area contributed by atoms with Gasteiger partial charge in [0.05, 0.1) is 12.8 Å². The van der Waals surface area contributed by atoms with Gasteiger partial charge in [0.15, 0.2) is 5.82 Å². The molecular weight excluding hydrogens is 359 g/mol. The highest BCUT2D eigenvalue weighted by atomic mass is 19.1. The fraction of sp³-hybridized carbons (Fsp3) is 0.333. The standard InChI is InChI=1S/C21H25FN4O2/c1-16(2)15-25(12-13-28-3)21(27)17-14-23-26(19-9-5-4-8-18(19)22)20(17)24-10-6-7-11-24/h4-11,14,16H,12-13,15H2,1-3H3. The Balaban J connectivity index is 2.08. The van der Waals surface area contributed by atoms with Crippen LogP contribution in [0.4, 0.5) is 4.39 Å². The summed E-state index contributed by atoms with van der Waals surface area (Å²) in [6.07, 6.45) is 5.13. The van der Waals surface area contributed by atoms with Gasteiger partial charge in [-0.15, -0.1) is 0 Å². The lowest BCUT2D eigenvalue weighted by atomic mass is 10.2. The van der Waals surface area contributed by atoms with E-state index in [9.17, 15) is 9.18 Å². The minimum absolute atomic E-state index is 0.156. The first-order valence-corrected chi connectivity index (χ1v) is 9.27. The van der Waals surface area contributed by atoms with Gasteiger partial charge in [0, 0.05) is 32.6 Å². The molecule has 148 valence electrons. The third kappa shape index (κ3) is 4.14. The number of nitrogens with zero attached hydrogens (tertiary/aromatic N) is 4. The minimum Gasteiger partial charge on any atom is -0.383 e. The maximum atomic E-state index is 14.4. The van der Waals surface area contributed by atoms with Gasteiger partial charge in [0.1, 0.15) is 17.1 Å². The number of benzene rings is 1. The first kappa shape index (κ1) is 19.8. The van der Waals surface area contributed by atoms with Crippen molar-refractivity contribution in [3.05, 3.63) is 66.4 Å². The second-order valence-electron chi connectivity index (χ2n) is 6.97. The van der Waals surface area contributed by atoms with E-state index in [1.165, 1.54) is 16.9 Å². The number of methoxy groups -OCH3 is 1. The van der Waals surface area contributed by atoms with Gasteiger partial charge in [-0.05, 0) is 30.2 Å². The molecule has 0 N–H and O–H groups in total. The second-order valence-corrected chi connectivity index (χ2v) is 6.97. The zero-order chi connectivity index (χ0) is 20.1. The molecule has 2 aromatic heterocycles. The Morgan fingerprint density at radius 1 is 1.21 bits per heavy atom. The van der Waals surface area contributed by atoms with E-state index in [4.69, 9.17) is 4.74 Å². The van der Waals surface area contributed by atoms with Crippen LogP contribution < -0.4 is 0 Å². The van der Waals surface area contributed by atoms with Crippen molar-refractivity contribution in [1.29, 1.82) is 0 Å². The maximum Gasteiger partial charge on any atom is 0.259 e. The van der Waals surface area contributed by atoms with E-state index in [1.54, 1.807) is 34.8 Å². The number of halogens is 1. The Morgan fingerprint density at radius 2 is 1.93 bits per heavy atom. The van der Waals surface area contributed by atoms with Gasteiger partial charge in [-0.2, -0.15) is 5.10 Å². The average molecular weight is 384 g/mol. The zero-order valence-corrected chi connectivity index (χ0v) is 16.4. The molecule has 0 fully saturated rings. The van der Waals surface area contributed by atoms with Crippen LogP contribution in [0, 0.1) is 11.7 Å². The molecular formula is C21H25FN4O2. The highest BCUT2D eigenvalue weighted by Crippen LogP contribution is 2.23. The van der Waals surface area contributed by atoms with Crippen LogP contribution in [0.2, 0.25) is 0 Å². The van der Waals surface area contributed by atoms with Crippen molar-refractivity contribution in [3.8, 4) is 11.5 Å². The van der Waals surface area contributed by atoms with Gasteiger partial charge >= 0.3 is 0 Å². The lowest BCUT2D eigenvalue weighted by Gasteiger charge is -2.24. The Morgan fingerprint density at radius 3 is 2.57 bits per heavy atom. The van der Waals surface area contributed by atoms with Crippen molar-refractivity contribution in [2.75, 3.05) is 26.8 Å². The van der Waals surface area contributed by atoms with Gasteiger partial charge in [-0.1, -0.05) is 26.0 Å². The molecule has 0 saturated heterocycles. The van der Waals surface area contributed by atoms with E-state index in [0.29, 0.717) is 37.0 Å². The Bertz CT molecular complexity index is 918. The molecule has 0 saturated carbocycles. The van der Waals surface area contributed by atoms with Crippen molar-refractivity contribution in [2.45, 2.75) is 13.8 Å². The van der Waals surface area contributed by atoms with Gasteiger partial charge < -0.3 is 14.2 Å². The van der Waals surface area contributed by atoms with E-state index in [1.807, 2.05) is 24.5 Å². The van der Waals surface area contributed by atoms with E-state index in [2.05, 4.69) is 18.9 Å². The number of ether oxygens (including phenoxy) is 1. The average Bonchev–Trinajstić information content (AvgIpc) is 3.33. The summed E-state index contributed by atoms with van der Waals surface area (Å²) in [5.41, 5.74) is 0.703. The first-order chi connectivity index (χ1) is 13.5. The fourth-order valence-corrected chi connectivity index (χ4v) is 3.11. The molecule has 6 nitrogen and oxygen atoms in total. The van der Waals surface area contributed by atoms with Crippen LogP contribution in [0.5, 0.6) is 0 Å². The molecule has 28 heavy (non-hydrogen) atoms. The molecule has 1 aromatic carbocycles. The molecule has 0 unspecified atom stereocenters. The van der Waals surface area contributed by atoms with Gasteiger partial charge in [-0.3, -0.25) is 4.79 Å². The normalized spacial score (nSPS) is 11.2. The lowest BCUT2D eigenvalue weighted by Crippen LogP contribution is -2.37. The van der Waals surface area contributed by atoms with Gasteiger partial charge in [0.2, 0.25) is 0 Å². The third-order valence-electron chi connectivity index (χ3n) is 4.34. The summed E-state index contributed by atoms with van der Waals surface area (Å²) < 4.78 is 22.8. The summed E-state index contributed by atoms with van der Waals surface area (Å²) in [4.78, 5) is 15.1. The topological polar surface area (TPSA) is 52.3 Å². The number of amides is 1. The molecule has 0 radical (unpaired) electrons. The molecule has 0 spiro atoms. The number of hydrogen-bond donors (Lipinski definition) is 0. The van der Waals surface area contributed by atoms with Crippen molar-refractivity contribution in [1.82, 2.24) is 19.2 Å². The van der Waals surface area contributed by atoms with Crippen LogP contribution in [0.25, 0.3) is 11.5 Å². The molecule has 0 aliphatic rings. The van der Waals surface area contributed by atoms with Crippen LogP contribution >= 0.6 is 0 Å². The number of hydrogen-bond acceptors (Lipinski definition) is 3. The minimum atomic E-state index is -0.406. The summed E-state index contributed by atoms with van der Waals surface area (Å²) in [7, 11) is 1.61. The van der Waals surface area contributed by atoms with E-state index in [-0.39, 0.29) is 11.6 Å². The molecule has 7 heteroatoms. The molecule has 0 aliphatic carbocycles. The summed E-state index contributed by atoms with van der Waals surface area (Å²) in [6.45, 7) is 5.63. The predicted molar refractivity (Wildman–Crippen MR) is 105 cm³/mol. The maximum absolute atomic E-state index is 14.4. The lowest BCUT2D eigenvalue weighted by molar-refractivity contribution is 0.0672. The van der Waals surface area contributed by atoms with E-state index < -0.39 is 5.82 Å². The summed E-state index contributed by atoms with van der Waals surface area (Å²) in [5.74, 6) is 0.247. The Kier molecular flexibility index (Phi) is 6.26. The number of carbonyl (C=O) groups is 1. The van der Waals surface area contributed by atoms with Crippen LogP contribution in [0.15, 0.2) is 55.0 Å². The number of para-hydroxylation sites is 1. The monoisotopic (exact) mass is 384 g/mol. The van der Waals surface area contributed by atoms with Crippen LogP contribution in [0.1, 0.15) is 24.2 Å². The molecule has 3 rings (SSSR count). The fourth-order valence-electron chi connectivity index (χ4n) is 3.11. The molecule has 0 atom stereocenters. The van der Waals surface area contributed by atoms with E-state index in [0.717, 1.165) is 0 Å². The molecule has 0 aliphatic heterocycles. The molecule has 0 bridgehead atoms. The van der Waals surface area contributed by atoms with Crippen molar-refractivity contribution in [2.24, 2.45) is 5.92 Å². The Labute approximate surface area is 164 Å². The van der Waals surface area contributed by atoms with Crippen LogP contribution in [-0.2, 0) is 4.74 Å². The van der Waals surface area contributed by atoms with Crippen molar-refractivity contribution < 1.29 is 13.9 Å². The molecule has 2 heterocycles. The quantitative estimate of drug-likeness (QED) is 0.597. The smallest absolute Gasteiger partial charge is 0.259 e. The third-order valence-corrected chi connectivity index (χ3v) is 4.34. The summed E-state index contributed by atoms with van der Waals surface area (Å²) in [6, 6.07) is 10.1. The van der Waals surface area contributed by atoms with Crippen molar-refractivity contribution >= 4 is 5.91 Å². The Hall–Kier alpha value is -2.93. The summed E-state index contributed by atoms with van der Waals surface area (Å²) >= 11 is 0. The SMILES string of the molecule is COCCN(CC(C)C)C(=O)c1cnn(-c2ccccc2F)c1-n1cccc1. The number of carbonyl (C=O) groups excluding carboxylic acids is 1. The highest BCUT2D eigenvalue weighted by molar-refractivity contribution is 5.97. The zero-order valence-electron chi connectivity index (χ0n) is 16.4. The molecule has 1 amide bonds. The second kappa shape index (κ2) is 8.84.